The zero-order valence-corrected chi connectivity index (χ0v) is 21.1. The number of ketones is 1. The number of aryl methyl sites for hydroxylation is 1. The molecule has 8 heteroatoms. The van der Waals surface area contributed by atoms with E-state index in [0.717, 1.165) is 34.9 Å². The van der Waals surface area contributed by atoms with Gasteiger partial charge in [0.1, 0.15) is 17.7 Å². The summed E-state index contributed by atoms with van der Waals surface area (Å²) in [5.74, 6) is -4.34. The number of aromatic amines is 1. The van der Waals surface area contributed by atoms with Crippen LogP contribution in [0.4, 0.5) is 13.2 Å². The van der Waals surface area contributed by atoms with Crippen LogP contribution >= 0.6 is 11.6 Å². The van der Waals surface area contributed by atoms with Crippen LogP contribution < -0.4 is 0 Å². The summed E-state index contributed by atoms with van der Waals surface area (Å²) in [6.45, 7) is 5.30. The number of Topliss-reactive ketones (excluding diaryl/α,β-unsaturated/α-hetero) is 1. The van der Waals surface area contributed by atoms with Gasteiger partial charge in [0.05, 0.1) is 16.7 Å². The number of alkyl halides is 2. The fourth-order valence-electron chi connectivity index (χ4n) is 4.70. The van der Waals surface area contributed by atoms with Crippen LogP contribution in [0, 0.1) is 11.7 Å². The number of carbonyl (C=O) groups is 1. The molecule has 3 aromatic rings. The van der Waals surface area contributed by atoms with Crippen LogP contribution in [0.1, 0.15) is 74.8 Å². The molecule has 35 heavy (non-hydrogen) atoms. The van der Waals surface area contributed by atoms with Crippen LogP contribution in [0.3, 0.4) is 0 Å². The molecule has 1 aromatic heterocycles. The second kappa shape index (κ2) is 11.6. The van der Waals surface area contributed by atoms with Crippen LogP contribution in [0.15, 0.2) is 30.5 Å². The summed E-state index contributed by atoms with van der Waals surface area (Å²) in [7, 11) is 0. The van der Waals surface area contributed by atoms with E-state index in [1.807, 2.05) is 19.9 Å². The number of nitrogens with one attached hydrogen (secondary N) is 1. The number of hydrogen-bond acceptors (Lipinski definition) is 3. The Morgan fingerprint density at radius 2 is 1.89 bits per heavy atom. The van der Waals surface area contributed by atoms with Crippen LogP contribution in [0.2, 0.25) is 5.02 Å². The van der Waals surface area contributed by atoms with Crippen molar-refractivity contribution in [2.45, 2.75) is 77.7 Å². The number of aliphatic hydroxyl groups is 1. The Balaban J connectivity index is 0.000000241. The molecular weight excluding hydrogens is 477 g/mol. The molecule has 0 fully saturated rings. The van der Waals surface area contributed by atoms with Gasteiger partial charge in [-0.2, -0.15) is 5.10 Å². The van der Waals surface area contributed by atoms with Crippen molar-refractivity contribution < 1.29 is 23.1 Å². The number of fused-ring (bicyclic) bond motifs is 2. The predicted octanol–water partition coefficient (Wildman–Crippen LogP) is 7.16. The molecule has 1 atom stereocenters. The van der Waals surface area contributed by atoms with Crippen molar-refractivity contribution in [3.05, 3.63) is 63.6 Å². The first-order valence-electron chi connectivity index (χ1n) is 12.1. The zero-order chi connectivity index (χ0) is 25.8. The highest BCUT2D eigenvalue weighted by molar-refractivity contribution is 6.30. The number of benzene rings is 2. The maximum atomic E-state index is 15.0. The fraction of sp³-hybridized carbons (Fsp3) is 0.481. The van der Waals surface area contributed by atoms with Crippen molar-refractivity contribution in [1.82, 2.24) is 10.2 Å². The largest absolute Gasteiger partial charge is 0.382 e. The van der Waals surface area contributed by atoms with Gasteiger partial charge in [-0.05, 0) is 67.5 Å². The maximum absolute atomic E-state index is 15.0. The van der Waals surface area contributed by atoms with E-state index in [4.69, 9.17) is 11.6 Å². The Labute approximate surface area is 208 Å². The van der Waals surface area contributed by atoms with Crippen molar-refractivity contribution in [3.63, 3.8) is 0 Å². The van der Waals surface area contributed by atoms with Gasteiger partial charge < -0.3 is 5.11 Å². The normalized spacial score (nSPS) is 13.7. The monoisotopic (exact) mass is 508 g/mol. The van der Waals surface area contributed by atoms with E-state index in [1.54, 1.807) is 12.3 Å². The van der Waals surface area contributed by atoms with E-state index < -0.39 is 23.8 Å². The molecule has 2 N–H and O–H groups in total. The number of halogens is 4. The minimum atomic E-state index is -3.13. The Bertz CT molecular complexity index is 1170. The van der Waals surface area contributed by atoms with Crippen LogP contribution in [-0.4, -0.2) is 27.0 Å². The molecule has 4 rings (SSSR count). The van der Waals surface area contributed by atoms with Gasteiger partial charge >= 0.3 is 0 Å². The molecule has 1 aliphatic carbocycles. The van der Waals surface area contributed by atoms with Gasteiger partial charge in [-0.25, -0.2) is 13.2 Å². The van der Waals surface area contributed by atoms with Crippen molar-refractivity contribution in [3.8, 4) is 0 Å². The molecule has 0 saturated heterocycles. The van der Waals surface area contributed by atoms with Gasteiger partial charge in [-0.1, -0.05) is 44.4 Å². The lowest BCUT2D eigenvalue weighted by Crippen LogP contribution is -2.36. The summed E-state index contributed by atoms with van der Waals surface area (Å²) in [6.07, 6.45) is 4.05. The molecule has 0 spiro atoms. The standard InChI is InChI=1S/C18H24F2N2O.C9H8ClFO/c1-3-5-13(6-4-2)18(19,20)17(23)15-14-8-7-11(14)9-12-10-21-22-16(12)15;1-6(12)4-7-2-3-9(11)8(10)5-7/h9-10,13,17,23H,3-8H2,1-2H3,(H,21,22);2-3,5H,4H2,1H3. The summed E-state index contributed by atoms with van der Waals surface area (Å²) in [6, 6.07) is 6.28. The highest BCUT2D eigenvalue weighted by Gasteiger charge is 2.48. The Morgan fingerprint density at radius 1 is 1.20 bits per heavy atom. The van der Waals surface area contributed by atoms with Gasteiger partial charge in [0, 0.05) is 23.3 Å². The second-order valence-electron chi connectivity index (χ2n) is 9.24. The van der Waals surface area contributed by atoms with E-state index in [0.29, 0.717) is 43.2 Å². The van der Waals surface area contributed by atoms with Crippen LogP contribution in [-0.2, 0) is 24.1 Å². The molecule has 4 nitrogen and oxygen atoms in total. The maximum Gasteiger partial charge on any atom is 0.280 e. The smallest absolute Gasteiger partial charge is 0.280 e. The van der Waals surface area contributed by atoms with Gasteiger partial charge in [0.2, 0.25) is 0 Å². The Hall–Kier alpha value is -2.38. The third-order valence-electron chi connectivity index (χ3n) is 6.52. The lowest BCUT2D eigenvalue weighted by molar-refractivity contribution is -0.154. The zero-order valence-electron chi connectivity index (χ0n) is 20.3. The molecule has 1 aliphatic rings. The molecule has 1 heterocycles. The predicted molar refractivity (Wildman–Crippen MR) is 133 cm³/mol. The lowest BCUT2D eigenvalue weighted by Gasteiger charge is -2.34. The average molecular weight is 509 g/mol. The first-order chi connectivity index (χ1) is 16.6. The molecule has 0 saturated carbocycles. The second-order valence-corrected chi connectivity index (χ2v) is 9.65. The van der Waals surface area contributed by atoms with E-state index >= 15 is 8.78 Å². The quantitative estimate of drug-likeness (QED) is 0.322. The minimum Gasteiger partial charge on any atom is -0.382 e. The summed E-state index contributed by atoms with van der Waals surface area (Å²) in [4.78, 5) is 10.7. The number of aromatic nitrogens is 2. The summed E-state index contributed by atoms with van der Waals surface area (Å²) in [5.41, 5.74) is 3.60. The highest BCUT2D eigenvalue weighted by atomic mass is 35.5. The van der Waals surface area contributed by atoms with E-state index in [1.165, 1.54) is 19.1 Å². The lowest BCUT2D eigenvalue weighted by atomic mass is 9.78. The Kier molecular flexibility index (Phi) is 9.00. The molecule has 190 valence electrons. The Morgan fingerprint density at radius 3 is 2.43 bits per heavy atom. The van der Waals surface area contributed by atoms with Gasteiger partial charge in [0.25, 0.3) is 5.92 Å². The van der Waals surface area contributed by atoms with E-state index in [-0.39, 0.29) is 10.8 Å². The molecule has 2 aromatic carbocycles. The summed E-state index contributed by atoms with van der Waals surface area (Å²) < 4.78 is 42.7. The molecule has 1 unspecified atom stereocenters. The van der Waals surface area contributed by atoms with Gasteiger partial charge in [-0.3, -0.25) is 9.89 Å². The van der Waals surface area contributed by atoms with Crippen LogP contribution in [0.5, 0.6) is 0 Å². The third-order valence-corrected chi connectivity index (χ3v) is 6.81. The van der Waals surface area contributed by atoms with Crippen molar-refractivity contribution in [2.24, 2.45) is 5.92 Å². The summed E-state index contributed by atoms with van der Waals surface area (Å²) >= 11 is 5.51. The molecule has 0 aliphatic heterocycles. The number of aliphatic hydroxyl groups excluding tert-OH is 1. The van der Waals surface area contributed by atoms with E-state index in [9.17, 15) is 14.3 Å². The number of hydrogen-bond donors (Lipinski definition) is 2. The SMILES string of the molecule is CC(=O)Cc1ccc(F)c(Cl)c1.CCCC(CCC)C(F)(F)C(O)c1c2c(cc3cn[nH]c13)CC2. The third kappa shape index (κ3) is 6.07. The fourth-order valence-corrected chi connectivity index (χ4v) is 4.90. The molecular formula is C27H32ClF3N2O2. The number of carbonyl (C=O) groups excluding carboxylic acids is 1. The van der Waals surface area contributed by atoms with E-state index in [2.05, 4.69) is 10.2 Å². The molecule has 0 radical (unpaired) electrons. The molecule has 0 amide bonds. The van der Waals surface area contributed by atoms with Crippen LogP contribution in [0.25, 0.3) is 10.9 Å². The molecule has 0 bridgehead atoms. The average Bonchev–Trinajstić information content (AvgIpc) is 3.25. The summed E-state index contributed by atoms with van der Waals surface area (Å²) in [5, 5.41) is 18.3. The topological polar surface area (TPSA) is 66.0 Å². The number of rotatable bonds is 9. The van der Waals surface area contributed by atoms with Gasteiger partial charge in [0.15, 0.2) is 0 Å². The highest BCUT2D eigenvalue weighted by Crippen LogP contribution is 2.46. The van der Waals surface area contributed by atoms with Gasteiger partial charge in [-0.15, -0.1) is 0 Å². The minimum absolute atomic E-state index is 0.0395. The number of nitrogens with zero attached hydrogens (tertiary/aromatic N) is 1. The van der Waals surface area contributed by atoms with Crippen molar-refractivity contribution in [1.29, 1.82) is 0 Å². The first-order valence-corrected chi connectivity index (χ1v) is 12.4. The van der Waals surface area contributed by atoms with Crippen molar-refractivity contribution in [2.75, 3.05) is 0 Å². The first kappa shape index (κ1) is 27.2. The van der Waals surface area contributed by atoms with Crippen molar-refractivity contribution >= 4 is 28.3 Å². The number of H-pyrrole nitrogens is 1.